The van der Waals surface area contributed by atoms with Crippen LogP contribution in [0.1, 0.15) is 18.4 Å². The normalized spacial score (nSPS) is 26.6. The predicted octanol–water partition coefficient (Wildman–Crippen LogP) is 1.45. The molecule has 0 aromatic heterocycles. The molecule has 2 aliphatic rings. The molecular weight excluding hydrogens is 174 g/mol. The van der Waals surface area contributed by atoms with Crippen LogP contribution in [0.15, 0.2) is 30.3 Å². The van der Waals surface area contributed by atoms with Gasteiger partial charge in [0.15, 0.2) is 0 Å². The van der Waals surface area contributed by atoms with Gasteiger partial charge in [-0.15, -0.1) is 0 Å². The van der Waals surface area contributed by atoms with Gasteiger partial charge >= 0.3 is 0 Å². The Kier molecular flexibility index (Phi) is 1.56. The molecule has 1 aliphatic heterocycles. The zero-order chi connectivity index (χ0) is 9.65. The van der Waals surface area contributed by atoms with E-state index in [0.29, 0.717) is 0 Å². The highest BCUT2D eigenvalue weighted by atomic mass is 16.5. The van der Waals surface area contributed by atoms with Gasteiger partial charge in [0.1, 0.15) is 0 Å². The summed E-state index contributed by atoms with van der Waals surface area (Å²) in [5.74, 6) is 0. The molecule has 1 aromatic carbocycles. The molecule has 3 rings (SSSR count). The summed E-state index contributed by atoms with van der Waals surface area (Å²) in [7, 11) is 0. The van der Waals surface area contributed by atoms with Crippen molar-refractivity contribution >= 4 is 0 Å². The van der Waals surface area contributed by atoms with Crippen molar-refractivity contribution in [3.63, 3.8) is 0 Å². The van der Waals surface area contributed by atoms with Gasteiger partial charge in [0.2, 0.25) is 0 Å². The van der Waals surface area contributed by atoms with Crippen molar-refractivity contribution in [1.29, 1.82) is 0 Å². The molecule has 1 saturated carbocycles. The molecule has 2 N–H and O–H groups in total. The molecule has 0 bridgehead atoms. The number of benzene rings is 1. The summed E-state index contributed by atoms with van der Waals surface area (Å²) in [6.45, 7) is 1.60. The average Bonchev–Trinajstić information content (AvgIpc) is 2.84. The third-order valence-electron chi connectivity index (χ3n) is 3.77. The lowest BCUT2D eigenvalue weighted by Gasteiger charge is -2.47. The Hall–Kier alpha value is -0.860. The molecule has 1 aromatic rings. The summed E-state index contributed by atoms with van der Waals surface area (Å²) >= 11 is 0. The third-order valence-corrected chi connectivity index (χ3v) is 3.77. The zero-order valence-electron chi connectivity index (χ0n) is 8.20. The Balaban J connectivity index is 2.02. The van der Waals surface area contributed by atoms with Crippen LogP contribution in [0, 0.1) is 0 Å². The second-order valence-electron chi connectivity index (χ2n) is 4.60. The van der Waals surface area contributed by atoms with Crippen molar-refractivity contribution in [2.24, 2.45) is 5.73 Å². The average molecular weight is 189 g/mol. The smallest absolute Gasteiger partial charge is 0.0603 e. The Morgan fingerprint density at radius 3 is 2.14 bits per heavy atom. The van der Waals surface area contributed by atoms with Crippen LogP contribution in [0.4, 0.5) is 0 Å². The van der Waals surface area contributed by atoms with E-state index in [0.717, 1.165) is 26.1 Å². The van der Waals surface area contributed by atoms with E-state index in [2.05, 4.69) is 24.3 Å². The Bertz CT molecular complexity index is 339. The Morgan fingerprint density at radius 2 is 1.71 bits per heavy atom. The van der Waals surface area contributed by atoms with Crippen LogP contribution in [0.25, 0.3) is 0 Å². The molecule has 0 radical (unpaired) electrons. The van der Waals surface area contributed by atoms with Crippen LogP contribution in [0.5, 0.6) is 0 Å². The SMILES string of the molecule is NC1(C2(c3ccccc3)COC2)CC1. The van der Waals surface area contributed by atoms with E-state index in [1.54, 1.807) is 0 Å². The first kappa shape index (κ1) is 8.45. The highest BCUT2D eigenvalue weighted by Gasteiger charge is 2.61. The lowest BCUT2D eigenvalue weighted by atomic mass is 9.71. The minimum absolute atomic E-state index is 0.0204. The van der Waals surface area contributed by atoms with Gasteiger partial charge < -0.3 is 10.5 Å². The van der Waals surface area contributed by atoms with Gasteiger partial charge in [-0.3, -0.25) is 0 Å². The maximum atomic E-state index is 6.34. The second kappa shape index (κ2) is 2.59. The summed E-state index contributed by atoms with van der Waals surface area (Å²) in [6, 6.07) is 10.6. The number of rotatable bonds is 2. The number of hydrogen-bond donors (Lipinski definition) is 1. The van der Waals surface area contributed by atoms with E-state index < -0.39 is 0 Å². The van der Waals surface area contributed by atoms with Crippen molar-refractivity contribution in [2.75, 3.05) is 13.2 Å². The molecule has 0 amide bonds. The van der Waals surface area contributed by atoms with Gasteiger partial charge in [0.05, 0.1) is 18.6 Å². The maximum absolute atomic E-state index is 6.34. The standard InChI is InChI=1S/C12H15NO/c13-12(6-7-12)11(8-14-9-11)10-4-2-1-3-5-10/h1-5H,6-9,13H2. The largest absolute Gasteiger partial charge is 0.379 e. The van der Waals surface area contributed by atoms with Gasteiger partial charge in [-0.2, -0.15) is 0 Å². The van der Waals surface area contributed by atoms with E-state index in [1.165, 1.54) is 5.56 Å². The van der Waals surface area contributed by atoms with E-state index in [9.17, 15) is 0 Å². The van der Waals surface area contributed by atoms with E-state index in [-0.39, 0.29) is 11.0 Å². The second-order valence-corrected chi connectivity index (χ2v) is 4.60. The van der Waals surface area contributed by atoms with Gasteiger partial charge in [-0.25, -0.2) is 0 Å². The number of nitrogens with two attached hydrogens (primary N) is 1. The van der Waals surface area contributed by atoms with Gasteiger partial charge in [-0.1, -0.05) is 30.3 Å². The van der Waals surface area contributed by atoms with E-state index >= 15 is 0 Å². The molecule has 1 heterocycles. The molecule has 74 valence electrons. The predicted molar refractivity (Wildman–Crippen MR) is 55.1 cm³/mol. The van der Waals surface area contributed by atoms with Crippen LogP contribution in [-0.2, 0) is 10.2 Å². The lowest BCUT2D eigenvalue weighted by molar-refractivity contribution is -0.0786. The Labute approximate surface area is 84.1 Å². The molecule has 0 spiro atoms. The third kappa shape index (κ3) is 0.928. The molecule has 2 fully saturated rings. The van der Waals surface area contributed by atoms with E-state index in [1.807, 2.05) is 6.07 Å². The fraction of sp³-hybridized carbons (Fsp3) is 0.500. The molecule has 2 nitrogen and oxygen atoms in total. The summed E-state index contributed by atoms with van der Waals surface area (Å²) in [6.07, 6.45) is 2.29. The molecule has 2 heteroatoms. The van der Waals surface area contributed by atoms with Gasteiger partial charge in [0, 0.05) is 5.54 Å². The first-order valence-corrected chi connectivity index (χ1v) is 5.19. The maximum Gasteiger partial charge on any atom is 0.0603 e. The van der Waals surface area contributed by atoms with Crippen molar-refractivity contribution in [1.82, 2.24) is 0 Å². The van der Waals surface area contributed by atoms with Crippen molar-refractivity contribution in [3.8, 4) is 0 Å². The van der Waals surface area contributed by atoms with Crippen molar-refractivity contribution in [3.05, 3.63) is 35.9 Å². The summed E-state index contributed by atoms with van der Waals surface area (Å²) < 4.78 is 5.38. The number of ether oxygens (including phenoxy) is 1. The number of hydrogen-bond acceptors (Lipinski definition) is 2. The van der Waals surface area contributed by atoms with Gasteiger partial charge in [-0.05, 0) is 18.4 Å². The van der Waals surface area contributed by atoms with Crippen LogP contribution < -0.4 is 5.73 Å². The monoisotopic (exact) mass is 189 g/mol. The molecule has 0 atom stereocenters. The highest BCUT2D eigenvalue weighted by molar-refractivity contribution is 5.37. The quantitative estimate of drug-likeness (QED) is 0.764. The minimum Gasteiger partial charge on any atom is -0.379 e. The fourth-order valence-corrected chi connectivity index (χ4v) is 2.42. The molecule has 1 saturated heterocycles. The fourth-order valence-electron chi connectivity index (χ4n) is 2.42. The van der Waals surface area contributed by atoms with Crippen molar-refractivity contribution in [2.45, 2.75) is 23.8 Å². The lowest BCUT2D eigenvalue weighted by Crippen LogP contribution is -2.60. The summed E-state index contributed by atoms with van der Waals surface area (Å²) in [5, 5.41) is 0. The Morgan fingerprint density at radius 1 is 1.07 bits per heavy atom. The molecule has 14 heavy (non-hydrogen) atoms. The van der Waals surface area contributed by atoms with Crippen molar-refractivity contribution < 1.29 is 4.74 Å². The summed E-state index contributed by atoms with van der Waals surface area (Å²) in [5.41, 5.74) is 7.83. The topological polar surface area (TPSA) is 35.2 Å². The molecular formula is C12H15NO. The summed E-state index contributed by atoms with van der Waals surface area (Å²) in [4.78, 5) is 0. The molecule has 0 unspecified atom stereocenters. The van der Waals surface area contributed by atoms with E-state index in [4.69, 9.17) is 10.5 Å². The minimum atomic E-state index is 0.0204. The van der Waals surface area contributed by atoms with Gasteiger partial charge in [0.25, 0.3) is 0 Å². The zero-order valence-corrected chi connectivity index (χ0v) is 8.20. The van der Waals surface area contributed by atoms with Crippen LogP contribution in [-0.4, -0.2) is 18.8 Å². The van der Waals surface area contributed by atoms with Crippen LogP contribution in [0.2, 0.25) is 0 Å². The first-order valence-electron chi connectivity index (χ1n) is 5.19. The van der Waals surface area contributed by atoms with Crippen LogP contribution in [0.3, 0.4) is 0 Å². The van der Waals surface area contributed by atoms with Crippen LogP contribution >= 0.6 is 0 Å². The molecule has 1 aliphatic carbocycles. The first-order chi connectivity index (χ1) is 6.77. The highest BCUT2D eigenvalue weighted by Crippen LogP contribution is 2.53.